The lowest BCUT2D eigenvalue weighted by molar-refractivity contribution is -0.384. The Labute approximate surface area is 121 Å². The van der Waals surface area contributed by atoms with Gasteiger partial charge in [-0.25, -0.2) is 9.69 Å². The van der Waals surface area contributed by atoms with E-state index < -0.39 is 11.0 Å². The lowest BCUT2D eigenvalue weighted by Gasteiger charge is -2.30. The summed E-state index contributed by atoms with van der Waals surface area (Å²) in [6, 6.07) is 4.76. The van der Waals surface area contributed by atoms with Crippen molar-refractivity contribution in [2.75, 3.05) is 11.4 Å². The summed E-state index contributed by atoms with van der Waals surface area (Å²) in [6.45, 7) is 2.66. The van der Waals surface area contributed by atoms with E-state index in [4.69, 9.17) is 0 Å². The number of anilines is 1. The summed E-state index contributed by atoms with van der Waals surface area (Å²) < 4.78 is 0. The monoisotopic (exact) mass is 289 g/mol. The topological polar surface area (TPSA) is 83.8 Å². The summed E-state index contributed by atoms with van der Waals surface area (Å²) in [4.78, 5) is 37.7. The molecular weight excluding hydrogens is 274 g/mol. The van der Waals surface area contributed by atoms with E-state index in [9.17, 15) is 19.7 Å². The molecule has 0 radical (unpaired) electrons. The molecule has 0 bridgehead atoms. The smallest absolute Gasteiger partial charge is 0.312 e. The van der Waals surface area contributed by atoms with Crippen LogP contribution in [0.25, 0.3) is 0 Å². The fraction of sp³-hybridized carbons (Fsp3) is 0.429. The number of nitro groups is 1. The van der Waals surface area contributed by atoms with Crippen molar-refractivity contribution in [3.05, 3.63) is 34.4 Å². The summed E-state index contributed by atoms with van der Waals surface area (Å²) in [5.41, 5.74) is 0.321. The van der Waals surface area contributed by atoms with Crippen molar-refractivity contribution in [3.63, 3.8) is 0 Å². The molecule has 2 unspecified atom stereocenters. The van der Waals surface area contributed by atoms with E-state index in [0.29, 0.717) is 24.6 Å². The van der Waals surface area contributed by atoms with Crippen LogP contribution in [0.5, 0.6) is 0 Å². The minimum absolute atomic E-state index is 0.0656. The molecule has 21 heavy (non-hydrogen) atoms. The third-order valence-corrected chi connectivity index (χ3v) is 4.13. The Balaban J connectivity index is 1.90. The fourth-order valence-corrected chi connectivity index (χ4v) is 2.94. The summed E-state index contributed by atoms with van der Waals surface area (Å²) in [7, 11) is 0. The van der Waals surface area contributed by atoms with Crippen molar-refractivity contribution in [1.82, 2.24) is 4.90 Å². The van der Waals surface area contributed by atoms with E-state index in [1.165, 1.54) is 24.3 Å². The Morgan fingerprint density at radius 2 is 1.90 bits per heavy atom. The average Bonchev–Trinajstić information content (AvgIpc) is 2.70. The summed E-state index contributed by atoms with van der Waals surface area (Å²) in [6.07, 6.45) is 1.57. The van der Waals surface area contributed by atoms with Crippen molar-refractivity contribution in [2.45, 2.75) is 25.8 Å². The molecule has 0 spiro atoms. The second kappa shape index (κ2) is 4.83. The van der Waals surface area contributed by atoms with Crippen LogP contribution in [0.15, 0.2) is 24.3 Å². The number of piperidine rings is 1. The molecule has 2 heterocycles. The molecule has 0 aliphatic carbocycles. The third-order valence-electron chi connectivity index (χ3n) is 4.13. The third kappa shape index (κ3) is 2.14. The van der Waals surface area contributed by atoms with Crippen molar-refractivity contribution in [1.29, 1.82) is 0 Å². The van der Waals surface area contributed by atoms with Gasteiger partial charge in [0.1, 0.15) is 6.04 Å². The van der Waals surface area contributed by atoms with E-state index in [1.807, 2.05) is 0 Å². The zero-order valence-electron chi connectivity index (χ0n) is 11.6. The van der Waals surface area contributed by atoms with Crippen LogP contribution in [0.3, 0.4) is 0 Å². The van der Waals surface area contributed by atoms with Gasteiger partial charge in [-0.05, 0) is 30.9 Å². The minimum Gasteiger partial charge on any atom is -0.312 e. The molecule has 1 aromatic rings. The van der Waals surface area contributed by atoms with Crippen LogP contribution in [0.4, 0.5) is 16.2 Å². The maximum atomic E-state index is 12.4. The summed E-state index contributed by atoms with van der Waals surface area (Å²) >= 11 is 0. The molecule has 1 aromatic carbocycles. The molecular formula is C14H15N3O4. The second-order valence-corrected chi connectivity index (χ2v) is 5.57. The first-order chi connectivity index (χ1) is 9.99. The number of imide groups is 1. The average molecular weight is 289 g/mol. The van der Waals surface area contributed by atoms with Gasteiger partial charge >= 0.3 is 6.03 Å². The molecule has 0 N–H and O–H groups in total. The van der Waals surface area contributed by atoms with Gasteiger partial charge in [0.05, 0.1) is 10.6 Å². The zero-order chi connectivity index (χ0) is 15.1. The number of nitro benzene ring substituents is 1. The first-order valence-corrected chi connectivity index (χ1v) is 6.88. The fourth-order valence-electron chi connectivity index (χ4n) is 2.94. The Hall–Kier alpha value is -2.44. The van der Waals surface area contributed by atoms with Gasteiger partial charge in [-0.15, -0.1) is 0 Å². The molecule has 0 saturated carbocycles. The number of carbonyl (C=O) groups is 2. The van der Waals surface area contributed by atoms with Crippen LogP contribution >= 0.6 is 0 Å². The van der Waals surface area contributed by atoms with E-state index in [1.54, 1.807) is 4.90 Å². The molecule has 7 heteroatoms. The molecule has 3 rings (SSSR count). The zero-order valence-corrected chi connectivity index (χ0v) is 11.6. The minimum atomic E-state index is -0.512. The van der Waals surface area contributed by atoms with Crippen molar-refractivity contribution >= 4 is 23.3 Å². The number of nitrogens with zero attached hydrogens (tertiary/aromatic N) is 3. The largest absolute Gasteiger partial charge is 0.332 e. The van der Waals surface area contributed by atoms with E-state index >= 15 is 0 Å². The van der Waals surface area contributed by atoms with Gasteiger partial charge in [0.15, 0.2) is 0 Å². The Morgan fingerprint density at radius 3 is 2.52 bits per heavy atom. The number of fused-ring (bicyclic) bond motifs is 1. The van der Waals surface area contributed by atoms with Crippen LogP contribution < -0.4 is 4.90 Å². The van der Waals surface area contributed by atoms with E-state index in [2.05, 4.69) is 6.92 Å². The first-order valence-electron chi connectivity index (χ1n) is 6.88. The highest BCUT2D eigenvalue weighted by molar-refractivity contribution is 6.21. The van der Waals surface area contributed by atoms with Gasteiger partial charge in [0.25, 0.3) is 11.6 Å². The van der Waals surface area contributed by atoms with Crippen LogP contribution in [-0.4, -0.2) is 34.3 Å². The van der Waals surface area contributed by atoms with Crippen LogP contribution in [0, 0.1) is 16.0 Å². The van der Waals surface area contributed by atoms with Crippen molar-refractivity contribution in [3.8, 4) is 0 Å². The molecule has 2 fully saturated rings. The van der Waals surface area contributed by atoms with Crippen molar-refractivity contribution in [2.24, 2.45) is 5.92 Å². The van der Waals surface area contributed by atoms with Gasteiger partial charge in [0.2, 0.25) is 0 Å². The number of urea groups is 1. The highest BCUT2D eigenvalue weighted by atomic mass is 16.6. The van der Waals surface area contributed by atoms with Gasteiger partial charge in [-0.2, -0.15) is 0 Å². The standard InChI is InChI=1S/C14H15N3O4/c1-9-6-7-15-12(8-9)13(18)16(14(15)19)10-2-4-11(5-3-10)17(20)21/h2-5,9,12H,6-8H2,1H3. The molecule has 2 aliphatic rings. The number of hydrogen-bond donors (Lipinski definition) is 0. The number of hydrogen-bond acceptors (Lipinski definition) is 4. The number of non-ortho nitro benzene ring substituents is 1. The normalized spacial score (nSPS) is 25.2. The maximum Gasteiger partial charge on any atom is 0.332 e. The van der Waals surface area contributed by atoms with Gasteiger partial charge < -0.3 is 4.90 Å². The van der Waals surface area contributed by atoms with E-state index in [0.717, 1.165) is 11.3 Å². The molecule has 3 amide bonds. The lowest BCUT2D eigenvalue weighted by Crippen LogP contribution is -2.41. The Morgan fingerprint density at radius 1 is 1.24 bits per heavy atom. The van der Waals surface area contributed by atoms with E-state index in [-0.39, 0.29) is 17.6 Å². The first kappa shape index (κ1) is 13.5. The molecule has 7 nitrogen and oxygen atoms in total. The number of rotatable bonds is 2. The van der Waals surface area contributed by atoms with Gasteiger partial charge in [-0.3, -0.25) is 14.9 Å². The summed E-state index contributed by atoms with van der Waals surface area (Å²) in [5, 5.41) is 10.7. The predicted octanol–water partition coefficient (Wildman–Crippen LogP) is 2.16. The molecule has 2 atom stereocenters. The number of benzene rings is 1. The highest BCUT2D eigenvalue weighted by Crippen LogP contribution is 2.33. The summed E-state index contributed by atoms with van der Waals surface area (Å²) in [5.74, 6) is 0.181. The lowest BCUT2D eigenvalue weighted by atomic mass is 9.93. The second-order valence-electron chi connectivity index (χ2n) is 5.57. The van der Waals surface area contributed by atoms with Crippen LogP contribution in [0.2, 0.25) is 0 Å². The quantitative estimate of drug-likeness (QED) is 0.474. The van der Waals surface area contributed by atoms with Crippen LogP contribution in [0.1, 0.15) is 19.8 Å². The molecule has 2 saturated heterocycles. The van der Waals surface area contributed by atoms with Crippen molar-refractivity contribution < 1.29 is 14.5 Å². The molecule has 0 aromatic heterocycles. The van der Waals surface area contributed by atoms with Gasteiger partial charge in [-0.1, -0.05) is 6.92 Å². The number of carbonyl (C=O) groups excluding carboxylic acids is 2. The molecule has 110 valence electrons. The molecule has 2 aliphatic heterocycles. The Kier molecular flexibility index (Phi) is 3.12. The predicted molar refractivity (Wildman–Crippen MR) is 74.9 cm³/mol. The maximum absolute atomic E-state index is 12.4. The van der Waals surface area contributed by atoms with Gasteiger partial charge in [0, 0.05) is 18.7 Å². The van der Waals surface area contributed by atoms with Crippen LogP contribution in [-0.2, 0) is 4.79 Å². The SMILES string of the molecule is CC1CCN2C(=O)N(c3ccc([N+](=O)[O-])cc3)C(=O)C2C1. The highest BCUT2D eigenvalue weighted by Gasteiger charge is 2.47. The Bertz CT molecular complexity index is 613. The number of amides is 3.